The zero-order chi connectivity index (χ0) is 32.7. The van der Waals surface area contributed by atoms with Crippen molar-refractivity contribution in [3.8, 4) is 23.0 Å². The van der Waals surface area contributed by atoms with Gasteiger partial charge in [-0.1, -0.05) is 39.8 Å². The van der Waals surface area contributed by atoms with Gasteiger partial charge in [0, 0.05) is 16.8 Å². The Morgan fingerprint density at radius 3 is 1.20 bits per heavy atom. The van der Waals surface area contributed by atoms with Gasteiger partial charge >= 0.3 is 12.4 Å². The van der Waals surface area contributed by atoms with Crippen LogP contribution in [0.2, 0.25) is 0 Å². The van der Waals surface area contributed by atoms with Crippen LogP contribution in [0.25, 0.3) is 0 Å². The molecule has 4 aromatic rings. The van der Waals surface area contributed by atoms with Crippen molar-refractivity contribution in [3.05, 3.63) is 106 Å². The zero-order valence-electron chi connectivity index (χ0n) is 25.1. The maximum atomic E-state index is 13.5. The predicted molar refractivity (Wildman–Crippen MR) is 161 cm³/mol. The zero-order valence-corrected chi connectivity index (χ0v) is 25.1. The van der Waals surface area contributed by atoms with Crippen LogP contribution in [0.5, 0.6) is 23.0 Å². The van der Waals surface area contributed by atoms with Crippen LogP contribution in [0, 0.1) is 0 Å². The number of alkyl halides is 6. The van der Waals surface area contributed by atoms with Crippen LogP contribution in [0.1, 0.15) is 73.9 Å². The topological polar surface area (TPSA) is 70.5 Å². The number of fused-ring (bicyclic) bond motifs is 4. The first-order valence-electron chi connectivity index (χ1n) is 14.4. The van der Waals surface area contributed by atoms with Gasteiger partial charge in [0.2, 0.25) is 0 Å². The molecule has 0 saturated carbocycles. The van der Waals surface area contributed by atoms with E-state index >= 15 is 0 Å². The Hall–Kier alpha value is -4.34. The number of halogens is 6. The number of ether oxygens (including phenoxy) is 2. The number of benzene rings is 4. The van der Waals surface area contributed by atoms with Crippen LogP contribution in [0.4, 0.5) is 37.7 Å². The largest absolute Gasteiger partial charge is 0.457 e. The summed E-state index contributed by atoms with van der Waals surface area (Å²) in [5.41, 5.74) is 11.6. The average molecular weight is 627 g/mol. The molecule has 0 bridgehead atoms. The fraction of sp³-hybridized carbons (Fsp3) is 0.314. The van der Waals surface area contributed by atoms with Crippen LogP contribution in [0.3, 0.4) is 0 Å². The molecule has 0 fully saturated rings. The standard InChI is InChI=1S/C35H32F6N2O2/c1-31(2)17-33(25-13-19(5-9-23(25)31)44-21-7-11-29(42)27(15-21)34(36,37)38)18-32(3,4)24-10-6-20(14-26(24)33)45-22-8-12-30(43)28(16-22)35(39,40)41/h5-16H,17-18,42-43H2,1-4H3. The molecular formula is C35H32F6N2O2. The van der Waals surface area contributed by atoms with Gasteiger partial charge in [-0.15, -0.1) is 0 Å². The first kappa shape index (κ1) is 30.7. The van der Waals surface area contributed by atoms with Crippen molar-refractivity contribution in [2.45, 2.75) is 69.1 Å². The second-order valence-electron chi connectivity index (χ2n) is 13.3. The summed E-state index contributed by atoms with van der Waals surface area (Å²) in [5, 5.41) is 0. The first-order valence-corrected chi connectivity index (χ1v) is 14.4. The highest BCUT2D eigenvalue weighted by Gasteiger charge is 2.56. The minimum Gasteiger partial charge on any atom is -0.457 e. The minimum atomic E-state index is -4.63. The van der Waals surface area contributed by atoms with Gasteiger partial charge in [-0.2, -0.15) is 26.3 Å². The average Bonchev–Trinajstić information content (AvgIpc) is 3.28. The van der Waals surface area contributed by atoms with Crippen LogP contribution >= 0.6 is 0 Å². The second kappa shape index (κ2) is 9.83. The molecule has 0 saturated heterocycles. The molecule has 0 amide bonds. The lowest BCUT2D eigenvalue weighted by Crippen LogP contribution is -2.27. The molecule has 4 nitrogen and oxygen atoms in total. The molecule has 10 heteroatoms. The van der Waals surface area contributed by atoms with E-state index in [2.05, 4.69) is 27.7 Å². The van der Waals surface area contributed by atoms with Crippen molar-refractivity contribution in [1.29, 1.82) is 0 Å². The molecule has 0 atom stereocenters. The summed E-state index contributed by atoms with van der Waals surface area (Å²) in [7, 11) is 0. The number of anilines is 2. The maximum absolute atomic E-state index is 13.5. The molecule has 1 spiro atoms. The van der Waals surface area contributed by atoms with Gasteiger partial charge in [0.1, 0.15) is 23.0 Å². The van der Waals surface area contributed by atoms with Crippen molar-refractivity contribution >= 4 is 11.4 Å². The Balaban J connectivity index is 1.42. The Morgan fingerprint density at radius 2 is 0.844 bits per heavy atom. The highest BCUT2D eigenvalue weighted by atomic mass is 19.4. The monoisotopic (exact) mass is 626 g/mol. The van der Waals surface area contributed by atoms with E-state index in [0.717, 1.165) is 47.2 Å². The summed E-state index contributed by atoms with van der Waals surface area (Å²) in [5.74, 6) is 0.771. The molecule has 2 aliphatic carbocycles. The van der Waals surface area contributed by atoms with Gasteiger partial charge in [-0.3, -0.25) is 0 Å². The van der Waals surface area contributed by atoms with Crippen molar-refractivity contribution in [2.24, 2.45) is 0 Å². The number of hydrogen-bond donors (Lipinski definition) is 2. The number of hydrogen-bond acceptors (Lipinski definition) is 4. The van der Waals surface area contributed by atoms with E-state index in [-0.39, 0.29) is 33.7 Å². The molecule has 4 N–H and O–H groups in total. The van der Waals surface area contributed by atoms with Crippen molar-refractivity contribution in [1.82, 2.24) is 0 Å². The smallest absolute Gasteiger partial charge is 0.418 e. The molecule has 236 valence electrons. The quantitative estimate of drug-likeness (QED) is 0.175. The van der Waals surface area contributed by atoms with E-state index in [0.29, 0.717) is 11.5 Å². The molecule has 45 heavy (non-hydrogen) atoms. The van der Waals surface area contributed by atoms with Gasteiger partial charge < -0.3 is 20.9 Å². The first-order chi connectivity index (χ1) is 20.8. The van der Waals surface area contributed by atoms with Crippen molar-refractivity contribution in [3.63, 3.8) is 0 Å². The summed E-state index contributed by atoms with van der Waals surface area (Å²) in [6, 6.07) is 18.1. The van der Waals surface area contributed by atoms with Crippen LogP contribution < -0.4 is 20.9 Å². The lowest BCUT2D eigenvalue weighted by Gasteiger charge is -2.30. The lowest BCUT2D eigenvalue weighted by molar-refractivity contribution is -0.137. The molecule has 2 aliphatic rings. The van der Waals surface area contributed by atoms with E-state index in [9.17, 15) is 26.3 Å². The number of nitrogen functional groups attached to an aromatic ring is 2. The summed E-state index contributed by atoms with van der Waals surface area (Å²) in [6.07, 6.45) is -7.79. The molecule has 0 aromatic heterocycles. The van der Waals surface area contributed by atoms with Gasteiger partial charge in [0.15, 0.2) is 0 Å². The fourth-order valence-electron chi connectivity index (χ4n) is 7.39. The normalized spacial score (nSPS) is 17.6. The molecule has 0 aliphatic heterocycles. The Labute approximate surface area is 257 Å². The summed E-state index contributed by atoms with van der Waals surface area (Å²) in [6.45, 7) is 8.59. The van der Waals surface area contributed by atoms with Gasteiger partial charge in [0.25, 0.3) is 0 Å². The lowest BCUT2D eigenvalue weighted by atomic mass is 9.72. The van der Waals surface area contributed by atoms with Gasteiger partial charge in [-0.05, 0) is 107 Å². The summed E-state index contributed by atoms with van der Waals surface area (Å²) >= 11 is 0. The van der Waals surface area contributed by atoms with Gasteiger partial charge in [-0.25, -0.2) is 0 Å². The SMILES string of the molecule is CC1(C)CC2(CC(C)(C)c3ccc(Oc4ccc(N)c(C(F)(F)F)c4)cc32)c2cc(Oc3ccc(N)c(C(F)(F)F)c3)ccc21. The van der Waals surface area contributed by atoms with E-state index < -0.39 is 28.9 Å². The maximum Gasteiger partial charge on any atom is 0.418 e. The van der Waals surface area contributed by atoms with Crippen LogP contribution in [-0.4, -0.2) is 0 Å². The highest BCUT2D eigenvalue weighted by Crippen LogP contribution is 2.63. The Bertz CT molecular complexity index is 1690. The molecule has 0 unspecified atom stereocenters. The van der Waals surface area contributed by atoms with E-state index in [1.54, 1.807) is 12.1 Å². The minimum absolute atomic E-state index is 0.00680. The second-order valence-corrected chi connectivity index (χ2v) is 13.3. The van der Waals surface area contributed by atoms with Crippen LogP contribution in [0.15, 0.2) is 72.8 Å². The summed E-state index contributed by atoms with van der Waals surface area (Å²) < 4.78 is 93.0. The predicted octanol–water partition coefficient (Wildman–Crippen LogP) is 10.1. The third kappa shape index (κ3) is 5.23. The number of nitrogens with two attached hydrogens (primary N) is 2. The van der Waals surface area contributed by atoms with Crippen molar-refractivity contribution < 1.29 is 35.8 Å². The molecule has 0 radical (unpaired) electrons. The van der Waals surface area contributed by atoms with E-state index in [4.69, 9.17) is 20.9 Å². The van der Waals surface area contributed by atoms with Crippen molar-refractivity contribution in [2.75, 3.05) is 11.5 Å². The molecule has 6 rings (SSSR count). The highest BCUT2D eigenvalue weighted by molar-refractivity contribution is 5.63. The number of rotatable bonds is 4. The fourth-order valence-corrected chi connectivity index (χ4v) is 7.39. The summed E-state index contributed by atoms with van der Waals surface area (Å²) in [4.78, 5) is 0. The molecular weight excluding hydrogens is 594 g/mol. The van der Waals surface area contributed by atoms with E-state index in [1.807, 2.05) is 24.3 Å². The Morgan fingerprint density at radius 1 is 0.511 bits per heavy atom. The van der Waals surface area contributed by atoms with Gasteiger partial charge in [0.05, 0.1) is 11.1 Å². The molecule has 0 heterocycles. The molecule has 4 aromatic carbocycles. The van der Waals surface area contributed by atoms with E-state index in [1.165, 1.54) is 24.3 Å². The van der Waals surface area contributed by atoms with Crippen LogP contribution in [-0.2, 0) is 28.6 Å². The third-order valence-corrected chi connectivity index (χ3v) is 9.09. The Kier molecular flexibility index (Phi) is 6.70. The third-order valence-electron chi connectivity index (χ3n) is 9.09.